The Kier molecular flexibility index (Phi) is 6.24. The number of para-hydroxylation sites is 1. The van der Waals surface area contributed by atoms with Crippen molar-refractivity contribution in [1.82, 2.24) is 5.32 Å². The van der Waals surface area contributed by atoms with Crippen molar-refractivity contribution in [2.45, 2.75) is 26.2 Å². The van der Waals surface area contributed by atoms with Gasteiger partial charge in [0.05, 0.1) is 10.6 Å². The van der Waals surface area contributed by atoms with Gasteiger partial charge >= 0.3 is 0 Å². The van der Waals surface area contributed by atoms with Gasteiger partial charge in [-0.2, -0.15) is 0 Å². The molecule has 0 saturated heterocycles. The molecule has 0 radical (unpaired) electrons. The lowest BCUT2D eigenvalue weighted by atomic mass is 9.98. The van der Waals surface area contributed by atoms with E-state index in [-0.39, 0.29) is 22.1 Å². The minimum absolute atomic E-state index is 0.0145. The SMILES string of the molecule is CC[C@@H](C)c1ccc(O)c(NC(=S)NC(=O)c2ccccc2[N+](=O)[O-])c1. The second-order valence-corrected chi connectivity index (χ2v) is 6.18. The Labute approximate surface area is 156 Å². The van der Waals surface area contributed by atoms with E-state index in [4.69, 9.17) is 12.2 Å². The summed E-state index contributed by atoms with van der Waals surface area (Å²) in [6.07, 6.45) is 0.934. The number of rotatable bonds is 5. The Morgan fingerprint density at radius 1 is 1.31 bits per heavy atom. The molecule has 0 saturated carbocycles. The number of nitro benzene ring substituents is 1. The van der Waals surface area contributed by atoms with Crippen molar-refractivity contribution in [1.29, 1.82) is 0 Å². The van der Waals surface area contributed by atoms with Crippen LogP contribution in [0.4, 0.5) is 11.4 Å². The smallest absolute Gasteiger partial charge is 0.282 e. The molecule has 0 spiro atoms. The van der Waals surface area contributed by atoms with Gasteiger partial charge in [0.15, 0.2) is 5.11 Å². The van der Waals surface area contributed by atoms with Crippen molar-refractivity contribution in [3.8, 4) is 5.75 Å². The molecule has 7 nitrogen and oxygen atoms in total. The number of carbonyl (C=O) groups excluding carboxylic acids is 1. The van der Waals surface area contributed by atoms with Crippen LogP contribution in [0.25, 0.3) is 0 Å². The van der Waals surface area contributed by atoms with Gasteiger partial charge in [0.2, 0.25) is 0 Å². The number of amides is 1. The molecular weight excluding hydrogens is 354 g/mol. The molecule has 0 heterocycles. The molecule has 2 rings (SSSR count). The van der Waals surface area contributed by atoms with E-state index in [1.807, 2.05) is 6.07 Å². The van der Waals surface area contributed by atoms with Crippen LogP contribution in [-0.2, 0) is 0 Å². The number of hydrogen-bond donors (Lipinski definition) is 3. The van der Waals surface area contributed by atoms with E-state index in [0.717, 1.165) is 12.0 Å². The quantitative estimate of drug-likeness (QED) is 0.317. The van der Waals surface area contributed by atoms with E-state index < -0.39 is 10.8 Å². The summed E-state index contributed by atoms with van der Waals surface area (Å²) < 4.78 is 0. The molecule has 3 N–H and O–H groups in total. The molecule has 0 unspecified atom stereocenters. The zero-order valence-corrected chi connectivity index (χ0v) is 15.2. The minimum Gasteiger partial charge on any atom is -0.506 e. The molecule has 1 atom stereocenters. The van der Waals surface area contributed by atoms with Gasteiger partial charge in [-0.05, 0) is 48.3 Å². The second kappa shape index (κ2) is 8.39. The Bertz CT molecular complexity index is 854. The predicted molar refractivity (Wildman–Crippen MR) is 104 cm³/mol. The number of thiocarbonyl (C=S) groups is 1. The zero-order valence-electron chi connectivity index (χ0n) is 14.4. The minimum atomic E-state index is -0.702. The average Bonchev–Trinajstić information content (AvgIpc) is 2.62. The third kappa shape index (κ3) is 4.54. The Morgan fingerprint density at radius 2 is 2.00 bits per heavy atom. The molecule has 2 aromatic rings. The topological polar surface area (TPSA) is 104 Å². The summed E-state index contributed by atoms with van der Waals surface area (Å²) in [5, 5.41) is 26.1. The first-order valence-corrected chi connectivity index (χ1v) is 8.43. The van der Waals surface area contributed by atoms with Crippen LogP contribution in [-0.4, -0.2) is 21.0 Å². The van der Waals surface area contributed by atoms with Gasteiger partial charge in [0, 0.05) is 6.07 Å². The molecule has 0 aliphatic rings. The number of nitrogens with one attached hydrogen (secondary N) is 2. The van der Waals surface area contributed by atoms with Gasteiger partial charge in [-0.1, -0.05) is 32.0 Å². The summed E-state index contributed by atoms with van der Waals surface area (Å²) >= 11 is 5.09. The lowest BCUT2D eigenvalue weighted by molar-refractivity contribution is -0.385. The maximum absolute atomic E-state index is 12.3. The van der Waals surface area contributed by atoms with Gasteiger partial charge < -0.3 is 10.4 Å². The van der Waals surface area contributed by atoms with Crippen molar-refractivity contribution < 1.29 is 14.8 Å². The number of hydrogen-bond acceptors (Lipinski definition) is 5. The van der Waals surface area contributed by atoms with Gasteiger partial charge in [-0.25, -0.2) is 0 Å². The number of phenols is 1. The molecule has 0 bridgehead atoms. The van der Waals surface area contributed by atoms with Crippen LogP contribution in [0.1, 0.15) is 42.1 Å². The molecule has 8 heteroatoms. The largest absolute Gasteiger partial charge is 0.506 e. The van der Waals surface area contributed by atoms with Crippen molar-refractivity contribution in [3.63, 3.8) is 0 Å². The second-order valence-electron chi connectivity index (χ2n) is 5.77. The molecular formula is C18H19N3O4S. The summed E-state index contributed by atoms with van der Waals surface area (Å²) in [5.74, 6) is -0.419. The third-order valence-corrected chi connectivity index (χ3v) is 4.23. The predicted octanol–water partition coefficient (Wildman–Crippen LogP) is 3.94. The fourth-order valence-corrected chi connectivity index (χ4v) is 2.55. The number of phenolic OH excluding ortho intramolecular Hbond substituents is 1. The van der Waals surface area contributed by atoms with Crippen LogP contribution in [0.3, 0.4) is 0 Å². The number of carbonyl (C=O) groups is 1. The van der Waals surface area contributed by atoms with Gasteiger partial charge in [0.1, 0.15) is 11.3 Å². The lowest BCUT2D eigenvalue weighted by Crippen LogP contribution is -2.34. The highest BCUT2D eigenvalue weighted by Gasteiger charge is 2.20. The molecule has 0 aliphatic heterocycles. The normalized spacial score (nSPS) is 11.5. The van der Waals surface area contributed by atoms with Crippen molar-refractivity contribution in [3.05, 3.63) is 63.7 Å². The molecule has 0 aliphatic carbocycles. The van der Waals surface area contributed by atoms with Crippen LogP contribution in [0.5, 0.6) is 5.75 Å². The van der Waals surface area contributed by atoms with Crippen LogP contribution < -0.4 is 10.6 Å². The Balaban J connectivity index is 2.14. The van der Waals surface area contributed by atoms with E-state index in [1.54, 1.807) is 12.1 Å². The van der Waals surface area contributed by atoms with Gasteiger partial charge in [-0.15, -0.1) is 0 Å². The van der Waals surface area contributed by atoms with Gasteiger partial charge in [-0.3, -0.25) is 20.2 Å². The van der Waals surface area contributed by atoms with Crippen molar-refractivity contribution >= 4 is 34.6 Å². The average molecular weight is 373 g/mol. The van der Waals surface area contributed by atoms with Gasteiger partial charge in [0.25, 0.3) is 11.6 Å². The van der Waals surface area contributed by atoms with Crippen LogP contribution in [0.2, 0.25) is 0 Å². The van der Waals surface area contributed by atoms with Crippen molar-refractivity contribution in [2.75, 3.05) is 5.32 Å². The first-order chi connectivity index (χ1) is 12.3. The monoisotopic (exact) mass is 373 g/mol. The standard InChI is InChI=1S/C18H19N3O4S/c1-3-11(2)12-8-9-16(22)14(10-12)19-18(26)20-17(23)13-6-4-5-7-15(13)21(24)25/h4-11,22H,3H2,1-2H3,(H2,19,20,23,26)/t11-/m1/s1. The molecule has 1 amide bonds. The van der Waals surface area contributed by atoms with E-state index in [0.29, 0.717) is 11.6 Å². The third-order valence-electron chi connectivity index (χ3n) is 4.02. The molecule has 26 heavy (non-hydrogen) atoms. The van der Waals surface area contributed by atoms with E-state index in [1.165, 1.54) is 24.3 Å². The summed E-state index contributed by atoms with van der Waals surface area (Å²) in [6.45, 7) is 4.12. The maximum atomic E-state index is 12.3. The number of nitrogens with zero attached hydrogens (tertiary/aromatic N) is 1. The summed E-state index contributed by atoms with van der Waals surface area (Å²) in [7, 11) is 0. The van der Waals surface area contributed by atoms with Crippen LogP contribution in [0.15, 0.2) is 42.5 Å². The summed E-state index contributed by atoms with van der Waals surface area (Å²) in [5.41, 5.74) is 0.963. The Morgan fingerprint density at radius 3 is 2.65 bits per heavy atom. The summed E-state index contributed by atoms with van der Waals surface area (Å²) in [6, 6.07) is 10.7. The molecule has 2 aromatic carbocycles. The first-order valence-electron chi connectivity index (χ1n) is 8.02. The highest BCUT2D eigenvalue weighted by Crippen LogP contribution is 2.29. The maximum Gasteiger partial charge on any atom is 0.282 e. The zero-order chi connectivity index (χ0) is 19.3. The molecule has 0 aromatic heterocycles. The highest BCUT2D eigenvalue weighted by molar-refractivity contribution is 7.80. The van der Waals surface area contributed by atoms with E-state index >= 15 is 0 Å². The van der Waals surface area contributed by atoms with E-state index in [2.05, 4.69) is 24.5 Å². The fraction of sp³-hybridized carbons (Fsp3) is 0.222. The van der Waals surface area contributed by atoms with Crippen LogP contribution >= 0.6 is 12.2 Å². The number of anilines is 1. The number of benzene rings is 2. The Hall–Kier alpha value is -3.00. The molecule has 0 fully saturated rings. The fourth-order valence-electron chi connectivity index (χ4n) is 2.34. The van der Waals surface area contributed by atoms with Crippen molar-refractivity contribution in [2.24, 2.45) is 0 Å². The number of nitro groups is 1. The molecule has 136 valence electrons. The van der Waals surface area contributed by atoms with E-state index in [9.17, 15) is 20.0 Å². The number of aromatic hydroxyl groups is 1. The highest BCUT2D eigenvalue weighted by atomic mass is 32.1. The lowest BCUT2D eigenvalue weighted by Gasteiger charge is -2.14. The first kappa shape index (κ1) is 19.3. The van der Waals surface area contributed by atoms with Crippen LogP contribution in [0, 0.1) is 10.1 Å². The summed E-state index contributed by atoms with van der Waals surface area (Å²) in [4.78, 5) is 22.7.